The Kier molecular flexibility index (Phi) is 5.57. The first-order valence-corrected chi connectivity index (χ1v) is 11.8. The Morgan fingerprint density at radius 3 is 2.72 bits per heavy atom. The van der Waals surface area contributed by atoms with Crippen molar-refractivity contribution in [2.45, 2.75) is 97.5 Å². The maximum absolute atomic E-state index is 11.4. The summed E-state index contributed by atoms with van der Waals surface area (Å²) >= 11 is 0. The van der Waals surface area contributed by atoms with Crippen molar-refractivity contribution in [2.75, 3.05) is 0 Å². The van der Waals surface area contributed by atoms with Gasteiger partial charge in [0, 0.05) is 6.92 Å². The highest BCUT2D eigenvalue weighted by Crippen LogP contribution is 2.69. The average molecular weight is 399 g/mol. The van der Waals surface area contributed by atoms with E-state index >= 15 is 0 Å². The van der Waals surface area contributed by atoms with Crippen molar-refractivity contribution in [2.24, 2.45) is 22.7 Å². The van der Waals surface area contributed by atoms with Crippen LogP contribution in [0.15, 0.2) is 18.2 Å². The van der Waals surface area contributed by atoms with Gasteiger partial charge < -0.3 is 9.84 Å². The molecule has 0 radical (unpaired) electrons. The molecule has 29 heavy (non-hydrogen) atoms. The molecule has 6 atom stereocenters. The Bertz CT molecular complexity index is 771. The van der Waals surface area contributed by atoms with Gasteiger partial charge in [0.25, 0.3) is 0 Å². The maximum atomic E-state index is 11.4. The molecule has 160 valence electrons. The third kappa shape index (κ3) is 3.44. The van der Waals surface area contributed by atoms with Crippen molar-refractivity contribution in [1.29, 1.82) is 0 Å². The minimum atomic E-state index is -0.253. The van der Waals surface area contributed by atoms with E-state index in [2.05, 4.69) is 32.9 Å². The molecule has 0 unspecified atom stereocenters. The summed E-state index contributed by atoms with van der Waals surface area (Å²) in [5, 5.41) is 10.9. The van der Waals surface area contributed by atoms with Crippen LogP contribution in [0.4, 0.5) is 0 Å². The van der Waals surface area contributed by atoms with Crippen LogP contribution in [0.3, 0.4) is 0 Å². The molecule has 0 aromatic heterocycles. The highest BCUT2D eigenvalue weighted by Gasteiger charge is 2.62. The number of fused-ring (bicyclic) bond motifs is 5. The third-order valence-corrected chi connectivity index (χ3v) is 8.79. The van der Waals surface area contributed by atoms with Crippen molar-refractivity contribution in [1.82, 2.24) is 0 Å². The fraction of sp³-hybridized carbons (Fsp3) is 0.731. The monoisotopic (exact) mass is 398 g/mol. The molecule has 2 saturated carbocycles. The van der Waals surface area contributed by atoms with Gasteiger partial charge in [0.15, 0.2) is 0 Å². The highest BCUT2D eigenvalue weighted by atomic mass is 16.5. The number of aliphatic hydroxyl groups excluding tert-OH is 1. The Morgan fingerprint density at radius 2 is 2.00 bits per heavy atom. The van der Waals surface area contributed by atoms with Crippen molar-refractivity contribution in [3.63, 3.8) is 0 Å². The first kappa shape index (κ1) is 20.9. The quantitative estimate of drug-likeness (QED) is 0.374. The Hall–Kier alpha value is -1.35. The van der Waals surface area contributed by atoms with E-state index in [0.717, 1.165) is 25.7 Å². The number of aliphatic hydroxyl groups is 1. The Morgan fingerprint density at radius 1 is 1.21 bits per heavy atom. The predicted octanol–water partition coefficient (Wildman–Crippen LogP) is 6.03. The second kappa shape index (κ2) is 7.72. The van der Waals surface area contributed by atoms with Crippen LogP contribution in [-0.2, 0) is 11.2 Å². The molecule has 1 aromatic carbocycles. The number of benzene rings is 1. The lowest BCUT2D eigenvalue weighted by Gasteiger charge is -2.60. The van der Waals surface area contributed by atoms with Gasteiger partial charge in [-0.05, 0) is 90.4 Å². The number of rotatable bonds is 5. The minimum Gasteiger partial charge on any atom is -0.427 e. The molecule has 0 spiro atoms. The zero-order valence-corrected chi connectivity index (χ0v) is 18.7. The van der Waals surface area contributed by atoms with Gasteiger partial charge in [-0.15, -0.1) is 0 Å². The summed E-state index contributed by atoms with van der Waals surface area (Å²) in [6, 6.07) is 6.35. The van der Waals surface area contributed by atoms with E-state index in [1.54, 1.807) is 0 Å². The Balaban J connectivity index is 1.73. The number of hydrogen-bond donors (Lipinski definition) is 1. The Labute approximate surface area is 176 Å². The van der Waals surface area contributed by atoms with Gasteiger partial charge >= 0.3 is 5.97 Å². The van der Waals surface area contributed by atoms with Gasteiger partial charge in [0.2, 0.25) is 0 Å². The second-order valence-electron chi connectivity index (χ2n) is 10.5. The van der Waals surface area contributed by atoms with E-state index in [1.165, 1.54) is 50.2 Å². The van der Waals surface area contributed by atoms with E-state index in [1.807, 2.05) is 6.07 Å². The summed E-state index contributed by atoms with van der Waals surface area (Å²) < 4.78 is 5.38. The zero-order valence-electron chi connectivity index (χ0n) is 18.7. The molecule has 0 saturated heterocycles. The molecule has 3 aliphatic rings. The smallest absolute Gasteiger partial charge is 0.308 e. The van der Waals surface area contributed by atoms with Gasteiger partial charge in [-0.3, -0.25) is 4.79 Å². The van der Waals surface area contributed by atoms with Crippen LogP contribution < -0.4 is 4.74 Å². The number of ether oxygens (including phenoxy) is 1. The molecule has 2 fully saturated rings. The van der Waals surface area contributed by atoms with E-state index in [0.29, 0.717) is 23.5 Å². The minimum absolute atomic E-state index is 0.0668. The summed E-state index contributed by atoms with van der Waals surface area (Å²) in [7, 11) is 0. The molecule has 0 amide bonds. The molecule has 0 bridgehead atoms. The number of carbonyl (C=O) groups is 1. The largest absolute Gasteiger partial charge is 0.427 e. The van der Waals surface area contributed by atoms with Gasteiger partial charge in [0.05, 0.1) is 6.10 Å². The molecule has 0 heterocycles. The standard InChI is InChI=1S/C26H38O3/c1-5-6-7-8-19-16-26(4)22(11-12-23(26)28)25(3)14-13-18-15-20(29-17(2)27)9-10-21(18)24(19)25/h9-10,15,19,22-24,28H,5-8,11-14,16H2,1-4H3/t19-,22-,23-,24+,25-,26-/m0/s1. The summed E-state index contributed by atoms with van der Waals surface area (Å²) in [6.07, 6.45) is 10.4. The SMILES string of the molecule is CCCCC[C@H]1C[C@@]2(C)[C@@H](CC[C@@H]2O)[C@]2(C)CCc3cc(OC(C)=O)ccc3[C@@H]12. The molecule has 3 heteroatoms. The van der Waals surface area contributed by atoms with Gasteiger partial charge in [0.1, 0.15) is 5.75 Å². The summed E-state index contributed by atoms with van der Waals surface area (Å²) in [4.78, 5) is 11.4. The number of hydrogen-bond acceptors (Lipinski definition) is 3. The molecular weight excluding hydrogens is 360 g/mol. The lowest BCUT2D eigenvalue weighted by atomic mass is 9.44. The molecule has 4 rings (SSSR count). The van der Waals surface area contributed by atoms with Gasteiger partial charge in [-0.2, -0.15) is 0 Å². The summed E-state index contributed by atoms with van der Waals surface area (Å²) in [5.74, 6) is 2.20. The van der Waals surface area contributed by atoms with E-state index in [-0.39, 0.29) is 22.9 Å². The van der Waals surface area contributed by atoms with Crippen molar-refractivity contribution >= 4 is 5.97 Å². The normalized spacial score (nSPS) is 38.1. The molecule has 3 nitrogen and oxygen atoms in total. The van der Waals surface area contributed by atoms with E-state index < -0.39 is 0 Å². The van der Waals surface area contributed by atoms with Crippen LogP contribution in [0.2, 0.25) is 0 Å². The number of unbranched alkanes of at least 4 members (excludes halogenated alkanes) is 2. The van der Waals surface area contributed by atoms with Crippen LogP contribution >= 0.6 is 0 Å². The fourth-order valence-electron chi connectivity index (χ4n) is 7.62. The van der Waals surface area contributed by atoms with E-state index in [9.17, 15) is 9.90 Å². The van der Waals surface area contributed by atoms with Crippen LogP contribution in [0.5, 0.6) is 5.75 Å². The topological polar surface area (TPSA) is 46.5 Å². The van der Waals surface area contributed by atoms with Gasteiger partial charge in [-0.1, -0.05) is 46.1 Å². The predicted molar refractivity (Wildman–Crippen MR) is 116 cm³/mol. The third-order valence-electron chi connectivity index (χ3n) is 8.79. The van der Waals surface area contributed by atoms with Crippen LogP contribution in [0, 0.1) is 22.7 Å². The van der Waals surface area contributed by atoms with Crippen LogP contribution in [0.25, 0.3) is 0 Å². The van der Waals surface area contributed by atoms with Crippen LogP contribution in [-0.4, -0.2) is 17.2 Å². The number of carbonyl (C=O) groups excluding carboxylic acids is 1. The molecule has 0 aliphatic heterocycles. The van der Waals surface area contributed by atoms with E-state index in [4.69, 9.17) is 4.74 Å². The van der Waals surface area contributed by atoms with Crippen molar-refractivity contribution < 1.29 is 14.6 Å². The summed E-state index contributed by atoms with van der Waals surface area (Å²) in [6.45, 7) is 8.64. The first-order valence-electron chi connectivity index (χ1n) is 11.8. The molecule has 3 aliphatic carbocycles. The van der Waals surface area contributed by atoms with Crippen molar-refractivity contribution in [3.05, 3.63) is 29.3 Å². The number of esters is 1. The first-order chi connectivity index (χ1) is 13.8. The molecule has 1 N–H and O–H groups in total. The summed E-state index contributed by atoms with van der Waals surface area (Å²) in [5.41, 5.74) is 3.17. The highest BCUT2D eigenvalue weighted by molar-refractivity contribution is 5.69. The maximum Gasteiger partial charge on any atom is 0.308 e. The second-order valence-corrected chi connectivity index (χ2v) is 10.5. The van der Waals surface area contributed by atoms with Crippen LogP contribution in [0.1, 0.15) is 96.1 Å². The fourth-order valence-corrected chi connectivity index (χ4v) is 7.62. The number of aryl methyl sites for hydroxylation is 1. The van der Waals surface area contributed by atoms with Gasteiger partial charge in [-0.25, -0.2) is 0 Å². The lowest BCUT2D eigenvalue weighted by Crippen LogP contribution is -2.53. The zero-order chi connectivity index (χ0) is 20.8. The molecule has 1 aromatic rings. The average Bonchev–Trinajstić information content (AvgIpc) is 2.96. The molecular formula is C26H38O3. The van der Waals surface area contributed by atoms with Crippen molar-refractivity contribution in [3.8, 4) is 5.75 Å². The lowest BCUT2D eigenvalue weighted by molar-refractivity contribution is -0.131.